The van der Waals surface area contributed by atoms with Gasteiger partial charge in [0.15, 0.2) is 0 Å². The van der Waals surface area contributed by atoms with Crippen LogP contribution in [0.15, 0.2) is 62.6 Å². The van der Waals surface area contributed by atoms with E-state index in [1.165, 1.54) is 50.5 Å². The molecule has 27 heavy (non-hydrogen) atoms. The molecule has 3 aromatic rings. The summed E-state index contributed by atoms with van der Waals surface area (Å²) in [5, 5.41) is 0.642. The lowest BCUT2D eigenvalue weighted by atomic mass is 10.1. The Morgan fingerprint density at radius 3 is 2.52 bits per heavy atom. The van der Waals surface area contributed by atoms with E-state index < -0.39 is 21.6 Å². The Balaban J connectivity index is 1.92. The van der Waals surface area contributed by atoms with Gasteiger partial charge in [0.2, 0.25) is 10.0 Å². The zero-order valence-corrected chi connectivity index (χ0v) is 15.7. The van der Waals surface area contributed by atoms with Gasteiger partial charge in [-0.1, -0.05) is 6.07 Å². The molecule has 0 unspecified atom stereocenters. The second-order valence-electron chi connectivity index (χ2n) is 6.11. The first-order valence-electron chi connectivity index (χ1n) is 7.98. The molecule has 0 fully saturated rings. The van der Waals surface area contributed by atoms with E-state index in [4.69, 9.17) is 9.15 Å². The van der Waals surface area contributed by atoms with Crippen molar-refractivity contribution >= 4 is 27.0 Å². The second kappa shape index (κ2) is 6.98. The highest BCUT2D eigenvalue weighted by Gasteiger charge is 2.19. The molecule has 0 atom stereocenters. The van der Waals surface area contributed by atoms with Crippen molar-refractivity contribution in [1.82, 2.24) is 4.31 Å². The molecular formula is C19H17NO6S. The molecule has 0 amide bonds. The van der Waals surface area contributed by atoms with Gasteiger partial charge in [-0.15, -0.1) is 0 Å². The van der Waals surface area contributed by atoms with Crippen LogP contribution in [0, 0.1) is 6.92 Å². The Bertz CT molecular complexity index is 1190. The second-order valence-corrected chi connectivity index (χ2v) is 8.26. The number of carbonyl (C=O) groups is 1. The third-order valence-corrected chi connectivity index (χ3v) is 5.79. The van der Waals surface area contributed by atoms with Crippen LogP contribution in [-0.4, -0.2) is 32.8 Å². The first-order chi connectivity index (χ1) is 12.7. The zero-order chi connectivity index (χ0) is 19.8. The van der Waals surface area contributed by atoms with E-state index in [1.807, 2.05) is 0 Å². The molecule has 0 spiro atoms. The Labute approximate surface area is 155 Å². The van der Waals surface area contributed by atoms with Gasteiger partial charge in [-0.05, 0) is 48.9 Å². The molecule has 0 bridgehead atoms. The van der Waals surface area contributed by atoms with Crippen molar-refractivity contribution in [2.75, 3.05) is 14.1 Å². The van der Waals surface area contributed by atoms with Crippen LogP contribution in [0.25, 0.3) is 11.0 Å². The van der Waals surface area contributed by atoms with Crippen LogP contribution < -0.4 is 10.4 Å². The van der Waals surface area contributed by atoms with Crippen LogP contribution in [-0.2, 0) is 10.0 Å². The van der Waals surface area contributed by atoms with Gasteiger partial charge in [-0.3, -0.25) is 0 Å². The third kappa shape index (κ3) is 3.76. The number of benzene rings is 2. The van der Waals surface area contributed by atoms with Gasteiger partial charge in [0, 0.05) is 25.5 Å². The highest BCUT2D eigenvalue weighted by Crippen LogP contribution is 2.24. The number of nitrogens with zero attached hydrogens (tertiary/aromatic N) is 1. The molecule has 1 aromatic heterocycles. The highest BCUT2D eigenvalue weighted by molar-refractivity contribution is 7.89. The van der Waals surface area contributed by atoms with Gasteiger partial charge in [0.05, 0.1) is 10.5 Å². The average molecular weight is 387 g/mol. The van der Waals surface area contributed by atoms with Crippen molar-refractivity contribution in [1.29, 1.82) is 0 Å². The molecule has 0 saturated carbocycles. The largest absolute Gasteiger partial charge is 0.423 e. The van der Waals surface area contributed by atoms with E-state index in [-0.39, 0.29) is 16.2 Å². The lowest BCUT2D eigenvalue weighted by Crippen LogP contribution is -2.22. The molecule has 3 rings (SSSR count). The van der Waals surface area contributed by atoms with Gasteiger partial charge in [0.1, 0.15) is 11.3 Å². The number of ether oxygens (including phenoxy) is 1. The van der Waals surface area contributed by atoms with Crippen molar-refractivity contribution < 1.29 is 22.4 Å². The fraction of sp³-hybridized carbons (Fsp3) is 0.158. The summed E-state index contributed by atoms with van der Waals surface area (Å²) in [5.74, 6) is -0.439. The minimum absolute atomic E-state index is 0.00178. The van der Waals surface area contributed by atoms with Gasteiger partial charge in [-0.25, -0.2) is 22.3 Å². The predicted octanol–water partition coefficient (Wildman–Crippen LogP) is 2.57. The van der Waals surface area contributed by atoms with Crippen molar-refractivity contribution in [2.24, 2.45) is 0 Å². The van der Waals surface area contributed by atoms with Crippen LogP contribution in [0.1, 0.15) is 15.9 Å². The summed E-state index contributed by atoms with van der Waals surface area (Å²) in [5.41, 5.74) is 0.732. The smallest absolute Gasteiger partial charge is 0.343 e. The Hall–Kier alpha value is -2.97. The van der Waals surface area contributed by atoms with Gasteiger partial charge < -0.3 is 9.15 Å². The standard InChI is InChI=1S/C19H17NO6S/c1-12-9-18(21)26-17-8-7-14(11-16(12)17)25-19(22)13-5-4-6-15(10-13)27(23,24)20(2)3/h4-11H,1-3H3. The molecule has 0 aliphatic heterocycles. The quantitative estimate of drug-likeness (QED) is 0.388. The molecule has 0 aliphatic rings. The number of rotatable bonds is 4. The van der Waals surface area contributed by atoms with Gasteiger partial charge >= 0.3 is 11.6 Å². The third-order valence-electron chi connectivity index (χ3n) is 3.98. The normalized spacial score (nSPS) is 11.7. The van der Waals surface area contributed by atoms with E-state index in [2.05, 4.69) is 0 Å². The van der Waals surface area contributed by atoms with Crippen LogP contribution in [0.4, 0.5) is 0 Å². The summed E-state index contributed by atoms with van der Waals surface area (Å²) in [6.45, 7) is 1.75. The highest BCUT2D eigenvalue weighted by atomic mass is 32.2. The van der Waals surface area contributed by atoms with E-state index in [0.29, 0.717) is 16.5 Å². The summed E-state index contributed by atoms with van der Waals surface area (Å²) in [6, 6.07) is 11.6. The maximum Gasteiger partial charge on any atom is 0.343 e. The van der Waals surface area contributed by atoms with Crippen molar-refractivity contribution in [3.05, 3.63) is 70.1 Å². The number of hydrogen-bond donors (Lipinski definition) is 0. The lowest BCUT2D eigenvalue weighted by molar-refractivity contribution is 0.0734. The Morgan fingerprint density at radius 2 is 1.81 bits per heavy atom. The molecule has 0 saturated heterocycles. The molecule has 0 radical (unpaired) electrons. The van der Waals surface area contributed by atoms with E-state index in [0.717, 1.165) is 4.31 Å². The fourth-order valence-electron chi connectivity index (χ4n) is 2.52. The minimum Gasteiger partial charge on any atom is -0.423 e. The molecule has 0 N–H and O–H groups in total. The molecule has 0 aliphatic carbocycles. The van der Waals surface area contributed by atoms with Gasteiger partial charge in [-0.2, -0.15) is 0 Å². The first kappa shape index (κ1) is 18.8. The van der Waals surface area contributed by atoms with Crippen molar-refractivity contribution in [3.63, 3.8) is 0 Å². The summed E-state index contributed by atoms with van der Waals surface area (Å²) >= 11 is 0. The average Bonchev–Trinajstić information content (AvgIpc) is 2.62. The van der Waals surface area contributed by atoms with E-state index in [9.17, 15) is 18.0 Å². The summed E-state index contributed by atoms with van der Waals surface area (Å²) in [6.07, 6.45) is 0. The molecule has 1 heterocycles. The molecular weight excluding hydrogens is 370 g/mol. The van der Waals surface area contributed by atoms with Crippen LogP contribution >= 0.6 is 0 Å². The van der Waals surface area contributed by atoms with Gasteiger partial charge in [0.25, 0.3) is 0 Å². The fourth-order valence-corrected chi connectivity index (χ4v) is 3.47. The van der Waals surface area contributed by atoms with E-state index >= 15 is 0 Å². The minimum atomic E-state index is -3.66. The Morgan fingerprint density at radius 1 is 1.07 bits per heavy atom. The SMILES string of the molecule is Cc1cc(=O)oc2ccc(OC(=O)c3cccc(S(=O)(=O)N(C)C)c3)cc12. The molecule has 140 valence electrons. The van der Waals surface area contributed by atoms with Crippen molar-refractivity contribution in [3.8, 4) is 5.75 Å². The lowest BCUT2D eigenvalue weighted by Gasteiger charge is -2.12. The number of carbonyl (C=O) groups excluding carboxylic acids is 1. The summed E-state index contributed by atoms with van der Waals surface area (Å²) < 4.78 is 35.9. The van der Waals surface area contributed by atoms with E-state index in [1.54, 1.807) is 19.1 Å². The number of sulfonamides is 1. The maximum atomic E-state index is 12.4. The number of aryl methyl sites for hydroxylation is 1. The summed E-state index contributed by atoms with van der Waals surface area (Å²) in [4.78, 5) is 23.8. The molecule has 7 nitrogen and oxygen atoms in total. The predicted molar refractivity (Wildman–Crippen MR) is 99.5 cm³/mol. The van der Waals surface area contributed by atoms with Crippen LogP contribution in [0.2, 0.25) is 0 Å². The number of hydrogen-bond acceptors (Lipinski definition) is 6. The Kier molecular flexibility index (Phi) is 4.86. The van der Waals surface area contributed by atoms with Crippen LogP contribution in [0.3, 0.4) is 0 Å². The topological polar surface area (TPSA) is 93.9 Å². The van der Waals surface area contributed by atoms with Crippen LogP contribution in [0.5, 0.6) is 5.75 Å². The summed E-state index contributed by atoms with van der Waals surface area (Å²) in [7, 11) is -0.835. The number of fused-ring (bicyclic) bond motifs is 1. The maximum absolute atomic E-state index is 12.4. The first-order valence-corrected chi connectivity index (χ1v) is 9.42. The van der Waals surface area contributed by atoms with Crippen molar-refractivity contribution in [2.45, 2.75) is 11.8 Å². The monoisotopic (exact) mass is 387 g/mol. The number of esters is 1. The zero-order valence-electron chi connectivity index (χ0n) is 14.9. The molecule has 2 aromatic carbocycles. The molecule has 8 heteroatoms.